The molecule has 2 aromatic carbocycles. The molecule has 0 unspecified atom stereocenters. The van der Waals surface area contributed by atoms with E-state index in [2.05, 4.69) is 70.9 Å². The third-order valence-electron chi connectivity index (χ3n) is 3.66. The first-order valence-electron chi connectivity index (χ1n) is 8.09. The maximum absolute atomic E-state index is 5.52. The maximum Gasteiger partial charge on any atom is 0.0237 e. The fourth-order valence-electron chi connectivity index (χ4n) is 2.49. The summed E-state index contributed by atoms with van der Waals surface area (Å²) in [6, 6.07) is 21.3. The third kappa shape index (κ3) is 6.39. The normalized spacial score (nSPS) is 11.0. The molecule has 0 aliphatic carbocycles. The summed E-state index contributed by atoms with van der Waals surface area (Å²) in [5, 5.41) is 3.47. The Morgan fingerprint density at radius 2 is 1.32 bits per heavy atom. The fraction of sp³-hybridized carbons (Fsp3) is 0.368. The Bertz CT molecular complexity index is 457. The van der Waals surface area contributed by atoms with Crippen LogP contribution in [0.3, 0.4) is 0 Å². The summed E-state index contributed by atoms with van der Waals surface area (Å²) in [5.41, 5.74) is 8.25. The van der Waals surface area contributed by atoms with E-state index in [4.69, 9.17) is 5.73 Å². The molecule has 22 heavy (non-hydrogen) atoms. The molecule has 118 valence electrons. The van der Waals surface area contributed by atoms with Gasteiger partial charge in [-0.2, -0.15) is 0 Å². The SMILES string of the molecule is NCCCNCCN(Cc1ccccc1)Cc1ccccc1. The standard InChI is InChI=1S/C19H27N3/c20-12-7-13-21-14-15-22(16-18-8-3-1-4-9-18)17-19-10-5-2-6-11-19/h1-6,8-11,21H,7,12-17,20H2. The van der Waals surface area contributed by atoms with Crippen LogP contribution in [0.1, 0.15) is 17.5 Å². The molecule has 0 spiro atoms. The van der Waals surface area contributed by atoms with Crippen LogP contribution >= 0.6 is 0 Å². The van der Waals surface area contributed by atoms with Crippen molar-refractivity contribution in [2.24, 2.45) is 5.73 Å². The predicted octanol–water partition coefficient (Wildman–Crippen LogP) is 2.63. The second kappa shape index (κ2) is 10.1. The van der Waals surface area contributed by atoms with Gasteiger partial charge in [0, 0.05) is 26.2 Å². The molecule has 0 aliphatic heterocycles. The minimum absolute atomic E-state index is 0.755. The lowest BCUT2D eigenvalue weighted by Gasteiger charge is -2.23. The molecule has 0 heterocycles. The quantitative estimate of drug-likeness (QED) is 0.662. The Hall–Kier alpha value is -1.68. The average Bonchev–Trinajstić information content (AvgIpc) is 2.56. The van der Waals surface area contributed by atoms with Crippen LogP contribution in [0, 0.1) is 0 Å². The number of nitrogens with zero attached hydrogens (tertiary/aromatic N) is 1. The average molecular weight is 297 g/mol. The zero-order chi connectivity index (χ0) is 15.5. The minimum Gasteiger partial charge on any atom is -0.330 e. The molecule has 0 aromatic heterocycles. The molecule has 0 atom stereocenters. The summed E-state index contributed by atoms with van der Waals surface area (Å²) in [6.07, 6.45) is 1.04. The van der Waals surface area contributed by atoms with Crippen LogP contribution in [0.15, 0.2) is 60.7 Å². The molecule has 3 heteroatoms. The maximum atomic E-state index is 5.52. The number of rotatable bonds is 10. The highest BCUT2D eigenvalue weighted by Gasteiger charge is 2.06. The van der Waals surface area contributed by atoms with Gasteiger partial charge in [-0.1, -0.05) is 60.7 Å². The molecule has 0 aliphatic rings. The van der Waals surface area contributed by atoms with Crippen molar-refractivity contribution in [3.05, 3.63) is 71.8 Å². The van der Waals surface area contributed by atoms with E-state index < -0.39 is 0 Å². The van der Waals surface area contributed by atoms with Crippen LogP contribution in [0.25, 0.3) is 0 Å². The van der Waals surface area contributed by atoms with E-state index in [-0.39, 0.29) is 0 Å². The molecule has 0 saturated heterocycles. The van der Waals surface area contributed by atoms with Crippen molar-refractivity contribution in [2.75, 3.05) is 26.2 Å². The van der Waals surface area contributed by atoms with Crippen LogP contribution in [0.2, 0.25) is 0 Å². The Morgan fingerprint density at radius 1 is 0.773 bits per heavy atom. The van der Waals surface area contributed by atoms with E-state index in [0.29, 0.717) is 0 Å². The summed E-state index contributed by atoms with van der Waals surface area (Å²) >= 11 is 0. The lowest BCUT2D eigenvalue weighted by atomic mass is 10.1. The van der Waals surface area contributed by atoms with Crippen LogP contribution in [-0.2, 0) is 13.1 Å². The smallest absolute Gasteiger partial charge is 0.0237 e. The second-order valence-corrected chi connectivity index (χ2v) is 5.57. The van der Waals surface area contributed by atoms with Gasteiger partial charge >= 0.3 is 0 Å². The number of nitrogens with two attached hydrogens (primary N) is 1. The largest absolute Gasteiger partial charge is 0.330 e. The highest BCUT2D eigenvalue weighted by Crippen LogP contribution is 2.09. The molecule has 0 radical (unpaired) electrons. The van der Waals surface area contributed by atoms with Gasteiger partial charge in [0.25, 0.3) is 0 Å². The summed E-state index contributed by atoms with van der Waals surface area (Å²) in [6.45, 7) is 5.75. The van der Waals surface area contributed by atoms with E-state index in [1.807, 2.05) is 0 Å². The topological polar surface area (TPSA) is 41.3 Å². The van der Waals surface area contributed by atoms with Crippen LogP contribution in [-0.4, -0.2) is 31.1 Å². The molecule has 2 aromatic rings. The van der Waals surface area contributed by atoms with Gasteiger partial charge in [-0.05, 0) is 30.6 Å². The first-order chi connectivity index (χ1) is 10.9. The Balaban J connectivity index is 1.88. The van der Waals surface area contributed by atoms with Crippen molar-refractivity contribution < 1.29 is 0 Å². The van der Waals surface area contributed by atoms with Gasteiger partial charge in [0.05, 0.1) is 0 Å². The van der Waals surface area contributed by atoms with Crippen molar-refractivity contribution in [2.45, 2.75) is 19.5 Å². The van der Waals surface area contributed by atoms with Crippen LogP contribution < -0.4 is 11.1 Å². The van der Waals surface area contributed by atoms with E-state index in [1.54, 1.807) is 0 Å². The second-order valence-electron chi connectivity index (χ2n) is 5.57. The Labute approximate surface area is 134 Å². The lowest BCUT2D eigenvalue weighted by molar-refractivity contribution is 0.256. The van der Waals surface area contributed by atoms with Crippen molar-refractivity contribution in [1.29, 1.82) is 0 Å². The van der Waals surface area contributed by atoms with Gasteiger partial charge in [-0.3, -0.25) is 4.90 Å². The van der Waals surface area contributed by atoms with Gasteiger partial charge in [0.15, 0.2) is 0 Å². The van der Waals surface area contributed by atoms with Crippen molar-refractivity contribution in [3.63, 3.8) is 0 Å². The first kappa shape index (κ1) is 16.7. The summed E-state index contributed by atoms with van der Waals surface area (Å²) < 4.78 is 0. The van der Waals surface area contributed by atoms with E-state index >= 15 is 0 Å². The number of hydrogen-bond donors (Lipinski definition) is 2. The first-order valence-corrected chi connectivity index (χ1v) is 8.09. The van der Waals surface area contributed by atoms with E-state index in [1.165, 1.54) is 11.1 Å². The van der Waals surface area contributed by atoms with Crippen LogP contribution in [0.4, 0.5) is 0 Å². The predicted molar refractivity (Wildman–Crippen MR) is 93.5 cm³/mol. The van der Waals surface area contributed by atoms with Crippen LogP contribution in [0.5, 0.6) is 0 Å². The molecular formula is C19H27N3. The third-order valence-corrected chi connectivity index (χ3v) is 3.66. The Morgan fingerprint density at radius 3 is 1.82 bits per heavy atom. The molecule has 2 rings (SSSR count). The highest BCUT2D eigenvalue weighted by atomic mass is 15.1. The van der Waals surface area contributed by atoms with Crippen molar-refractivity contribution in [3.8, 4) is 0 Å². The van der Waals surface area contributed by atoms with Crippen molar-refractivity contribution in [1.82, 2.24) is 10.2 Å². The number of hydrogen-bond acceptors (Lipinski definition) is 3. The molecule has 3 nitrogen and oxygen atoms in total. The molecule has 0 saturated carbocycles. The summed E-state index contributed by atoms with van der Waals surface area (Å²) in [7, 11) is 0. The molecular weight excluding hydrogens is 270 g/mol. The minimum atomic E-state index is 0.755. The zero-order valence-electron chi connectivity index (χ0n) is 13.2. The zero-order valence-corrected chi connectivity index (χ0v) is 13.2. The monoisotopic (exact) mass is 297 g/mol. The highest BCUT2D eigenvalue weighted by molar-refractivity contribution is 5.17. The fourth-order valence-corrected chi connectivity index (χ4v) is 2.49. The lowest BCUT2D eigenvalue weighted by Crippen LogP contribution is -2.32. The van der Waals surface area contributed by atoms with Gasteiger partial charge in [-0.25, -0.2) is 0 Å². The molecule has 0 fully saturated rings. The van der Waals surface area contributed by atoms with Crippen molar-refractivity contribution >= 4 is 0 Å². The summed E-state index contributed by atoms with van der Waals surface area (Å²) in [5.74, 6) is 0. The van der Waals surface area contributed by atoms with E-state index in [9.17, 15) is 0 Å². The molecule has 3 N–H and O–H groups in total. The summed E-state index contributed by atoms with van der Waals surface area (Å²) in [4.78, 5) is 2.49. The number of nitrogens with one attached hydrogen (secondary N) is 1. The molecule has 0 amide bonds. The van der Waals surface area contributed by atoms with Gasteiger partial charge in [0.2, 0.25) is 0 Å². The van der Waals surface area contributed by atoms with Gasteiger partial charge in [0.1, 0.15) is 0 Å². The number of benzene rings is 2. The van der Waals surface area contributed by atoms with Gasteiger partial charge in [-0.15, -0.1) is 0 Å². The van der Waals surface area contributed by atoms with E-state index in [0.717, 1.165) is 45.7 Å². The molecule has 0 bridgehead atoms. The van der Waals surface area contributed by atoms with Gasteiger partial charge < -0.3 is 11.1 Å². The Kier molecular flexibility index (Phi) is 7.67.